The van der Waals surface area contributed by atoms with Crippen LogP contribution in [0.5, 0.6) is 5.75 Å². The molecule has 28 heavy (non-hydrogen) atoms. The van der Waals surface area contributed by atoms with Gasteiger partial charge in [0, 0.05) is 18.7 Å². The van der Waals surface area contributed by atoms with Crippen LogP contribution in [0.1, 0.15) is 29.8 Å². The summed E-state index contributed by atoms with van der Waals surface area (Å²) in [6.45, 7) is 4.80. The number of nitrogens with zero attached hydrogens (tertiary/aromatic N) is 1. The van der Waals surface area contributed by atoms with Crippen molar-refractivity contribution in [1.29, 1.82) is 0 Å². The second-order valence-corrected chi connectivity index (χ2v) is 6.89. The number of morpholine rings is 1. The van der Waals surface area contributed by atoms with Gasteiger partial charge < -0.3 is 19.1 Å². The minimum atomic E-state index is -0.532. The van der Waals surface area contributed by atoms with E-state index >= 15 is 0 Å². The molecule has 0 N–H and O–H groups in total. The molecular weight excluding hydrogens is 358 g/mol. The number of hydrogen-bond acceptors (Lipinski definition) is 5. The molecule has 0 aliphatic carbocycles. The Hall–Kier alpha value is -2.86. The van der Waals surface area contributed by atoms with Crippen molar-refractivity contribution in [2.24, 2.45) is 0 Å². The minimum absolute atomic E-state index is 0.0285. The molecule has 0 unspecified atom stereocenters. The summed E-state index contributed by atoms with van der Waals surface area (Å²) in [4.78, 5) is 26.6. The van der Waals surface area contributed by atoms with Crippen molar-refractivity contribution in [3.8, 4) is 5.75 Å². The van der Waals surface area contributed by atoms with E-state index < -0.39 is 5.97 Å². The monoisotopic (exact) mass is 383 g/mol. The van der Waals surface area contributed by atoms with E-state index in [-0.39, 0.29) is 31.3 Å². The molecule has 148 valence electrons. The molecule has 1 saturated heterocycles. The van der Waals surface area contributed by atoms with Gasteiger partial charge in [-0.3, -0.25) is 4.79 Å². The van der Waals surface area contributed by atoms with Crippen molar-refractivity contribution in [3.63, 3.8) is 0 Å². The lowest BCUT2D eigenvalue weighted by molar-refractivity contribution is -0.146. The van der Waals surface area contributed by atoms with Gasteiger partial charge in [0.2, 0.25) is 0 Å². The molecule has 0 bridgehead atoms. The molecule has 0 spiro atoms. The van der Waals surface area contributed by atoms with E-state index in [1.807, 2.05) is 56.3 Å². The Balaban J connectivity index is 1.57. The van der Waals surface area contributed by atoms with Gasteiger partial charge in [0.15, 0.2) is 6.61 Å². The summed E-state index contributed by atoms with van der Waals surface area (Å²) >= 11 is 0. The number of benzene rings is 2. The van der Waals surface area contributed by atoms with Crippen LogP contribution in [-0.2, 0) is 20.9 Å². The summed E-state index contributed by atoms with van der Waals surface area (Å²) in [7, 11) is 0. The smallest absolute Gasteiger partial charge is 0.339 e. The maximum Gasteiger partial charge on any atom is 0.339 e. The highest BCUT2D eigenvalue weighted by Crippen LogP contribution is 2.16. The molecule has 3 rings (SSSR count). The van der Waals surface area contributed by atoms with Crippen LogP contribution in [0, 0.1) is 0 Å². The maximum absolute atomic E-state index is 12.5. The number of amides is 1. The molecule has 0 radical (unpaired) electrons. The van der Waals surface area contributed by atoms with E-state index in [9.17, 15) is 9.59 Å². The van der Waals surface area contributed by atoms with E-state index in [4.69, 9.17) is 14.2 Å². The first-order valence-corrected chi connectivity index (χ1v) is 9.39. The third-order valence-corrected chi connectivity index (χ3v) is 4.47. The SMILES string of the molecule is C[C@H]1CN(C(=O)COC(=O)c2ccccc2COc2ccccc2)C[C@H](C)O1. The van der Waals surface area contributed by atoms with E-state index in [1.54, 1.807) is 17.0 Å². The number of carbonyl (C=O) groups excluding carboxylic acids is 2. The van der Waals surface area contributed by atoms with E-state index in [0.29, 0.717) is 24.2 Å². The van der Waals surface area contributed by atoms with Gasteiger partial charge >= 0.3 is 5.97 Å². The highest BCUT2D eigenvalue weighted by Gasteiger charge is 2.26. The van der Waals surface area contributed by atoms with Crippen molar-refractivity contribution in [1.82, 2.24) is 4.90 Å². The van der Waals surface area contributed by atoms with Gasteiger partial charge in [-0.15, -0.1) is 0 Å². The predicted molar refractivity (Wildman–Crippen MR) is 104 cm³/mol. The Morgan fingerprint density at radius 2 is 1.64 bits per heavy atom. The fourth-order valence-electron chi connectivity index (χ4n) is 3.20. The molecule has 6 nitrogen and oxygen atoms in total. The van der Waals surface area contributed by atoms with Gasteiger partial charge in [-0.1, -0.05) is 36.4 Å². The van der Waals surface area contributed by atoms with Crippen molar-refractivity contribution in [3.05, 3.63) is 65.7 Å². The number of carbonyl (C=O) groups is 2. The average molecular weight is 383 g/mol. The van der Waals surface area contributed by atoms with Crippen molar-refractivity contribution in [2.45, 2.75) is 32.7 Å². The fraction of sp³-hybridized carbons (Fsp3) is 0.364. The van der Waals surface area contributed by atoms with E-state index in [2.05, 4.69) is 0 Å². The molecule has 1 amide bonds. The lowest BCUT2D eigenvalue weighted by Crippen LogP contribution is -2.49. The molecule has 0 aromatic heterocycles. The van der Waals surface area contributed by atoms with Crippen LogP contribution in [0.2, 0.25) is 0 Å². The summed E-state index contributed by atoms with van der Waals surface area (Å²) in [5, 5.41) is 0. The molecule has 1 aliphatic heterocycles. The normalized spacial score (nSPS) is 19.1. The Morgan fingerprint density at radius 1 is 1.00 bits per heavy atom. The summed E-state index contributed by atoms with van der Waals surface area (Å²) in [5.74, 6) is -0.0280. The van der Waals surface area contributed by atoms with Gasteiger partial charge in [-0.25, -0.2) is 4.79 Å². The Morgan fingerprint density at radius 3 is 2.36 bits per heavy atom. The number of esters is 1. The molecule has 2 atom stereocenters. The summed E-state index contributed by atoms with van der Waals surface area (Å²) in [6, 6.07) is 16.5. The average Bonchev–Trinajstić information content (AvgIpc) is 2.70. The highest BCUT2D eigenvalue weighted by molar-refractivity contribution is 5.92. The number of ether oxygens (including phenoxy) is 3. The first-order chi connectivity index (χ1) is 13.5. The number of hydrogen-bond donors (Lipinski definition) is 0. The predicted octanol–water partition coefficient (Wildman–Crippen LogP) is 3.06. The van der Waals surface area contributed by atoms with E-state index in [0.717, 1.165) is 5.75 Å². The van der Waals surface area contributed by atoms with Crippen LogP contribution >= 0.6 is 0 Å². The lowest BCUT2D eigenvalue weighted by Gasteiger charge is -2.35. The largest absolute Gasteiger partial charge is 0.489 e. The second-order valence-electron chi connectivity index (χ2n) is 6.89. The molecule has 1 heterocycles. The zero-order chi connectivity index (χ0) is 19.9. The number of rotatable bonds is 6. The van der Waals surface area contributed by atoms with Gasteiger partial charge in [-0.2, -0.15) is 0 Å². The van der Waals surface area contributed by atoms with Gasteiger partial charge in [-0.05, 0) is 32.0 Å². The Bertz CT molecular complexity index is 798. The topological polar surface area (TPSA) is 65.1 Å². The minimum Gasteiger partial charge on any atom is -0.489 e. The third-order valence-electron chi connectivity index (χ3n) is 4.47. The first-order valence-electron chi connectivity index (χ1n) is 9.39. The van der Waals surface area contributed by atoms with Gasteiger partial charge in [0.25, 0.3) is 5.91 Å². The summed E-state index contributed by atoms with van der Waals surface area (Å²) < 4.78 is 16.6. The highest BCUT2D eigenvalue weighted by atomic mass is 16.5. The molecule has 1 fully saturated rings. The second kappa shape index (κ2) is 9.37. The van der Waals surface area contributed by atoms with Crippen molar-refractivity contribution < 1.29 is 23.8 Å². The zero-order valence-corrected chi connectivity index (χ0v) is 16.2. The van der Waals surface area contributed by atoms with Crippen LogP contribution in [0.4, 0.5) is 0 Å². The summed E-state index contributed by atoms with van der Waals surface area (Å²) in [5.41, 5.74) is 1.10. The van der Waals surface area contributed by atoms with Crippen LogP contribution < -0.4 is 4.74 Å². The first kappa shape index (κ1) is 19.9. The molecule has 1 aliphatic rings. The van der Waals surface area contributed by atoms with Gasteiger partial charge in [0.1, 0.15) is 12.4 Å². The number of para-hydroxylation sites is 1. The van der Waals surface area contributed by atoms with Crippen LogP contribution in [0.25, 0.3) is 0 Å². The molecule has 2 aromatic carbocycles. The third kappa shape index (κ3) is 5.33. The Labute approximate surface area is 165 Å². The van der Waals surface area contributed by atoms with E-state index in [1.165, 1.54) is 0 Å². The lowest BCUT2D eigenvalue weighted by atomic mass is 10.1. The quantitative estimate of drug-likeness (QED) is 0.718. The maximum atomic E-state index is 12.5. The zero-order valence-electron chi connectivity index (χ0n) is 16.2. The van der Waals surface area contributed by atoms with Crippen LogP contribution in [0.15, 0.2) is 54.6 Å². The van der Waals surface area contributed by atoms with Crippen molar-refractivity contribution in [2.75, 3.05) is 19.7 Å². The molecule has 6 heteroatoms. The molecule has 2 aromatic rings. The standard InChI is InChI=1S/C22H25NO5/c1-16-12-23(13-17(2)28-16)21(24)15-27-22(25)20-11-7-6-8-18(20)14-26-19-9-4-3-5-10-19/h3-11,16-17H,12-15H2,1-2H3/t16-,17-/m0/s1. The molecular formula is C22H25NO5. The van der Waals surface area contributed by atoms with Crippen molar-refractivity contribution >= 4 is 11.9 Å². The van der Waals surface area contributed by atoms with Crippen LogP contribution in [0.3, 0.4) is 0 Å². The van der Waals surface area contributed by atoms with Crippen LogP contribution in [-0.4, -0.2) is 48.7 Å². The Kier molecular flexibility index (Phi) is 6.66. The fourth-order valence-corrected chi connectivity index (χ4v) is 3.20. The molecule has 0 saturated carbocycles. The van der Waals surface area contributed by atoms with Gasteiger partial charge in [0.05, 0.1) is 17.8 Å². The summed E-state index contributed by atoms with van der Waals surface area (Å²) in [6.07, 6.45) is -0.0569.